The molecule has 0 spiro atoms. The summed E-state index contributed by atoms with van der Waals surface area (Å²) in [5.41, 5.74) is 0. The number of aliphatic hydroxyl groups excluding tert-OH is 3. The Morgan fingerprint density at radius 1 is 0.759 bits per heavy atom. The van der Waals surface area contributed by atoms with Crippen LogP contribution in [0.3, 0.4) is 0 Å². The number of hydrogen-bond acceptors (Lipinski definition) is 5. The van der Waals surface area contributed by atoms with Gasteiger partial charge in [0.1, 0.15) is 24.4 Å². The maximum Gasteiger partial charge on any atom is 0.114 e. The van der Waals surface area contributed by atoms with Crippen molar-refractivity contribution in [2.24, 2.45) is 0 Å². The van der Waals surface area contributed by atoms with Gasteiger partial charge >= 0.3 is 0 Å². The standard InChI is InChI=1S/C24H48O5/c1-2-3-4-5-6-7-8-9-10-11-12-13-14-15-16-17-18-28-19-22(26)24-23(27)21(25)20-29-24/h21-27H,2-20H2,1H3/t21-,22+,23+,24+/m0/s1. The zero-order chi connectivity index (χ0) is 21.2. The van der Waals surface area contributed by atoms with E-state index in [-0.39, 0.29) is 13.2 Å². The minimum Gasteiger partial charge on any atom is -0.388 e. The molecule has 0 aromatic heterocycles. The first kappa shape index (κ1) is 26.8. The van der Waals surface area contributed by atoms with Crippen LogP contribution in [0.2, 0.25) is 0 Å². The number of hydrogen-bond donors (Lipinski definition) is 3. The Kier molecular flexibility index (Phi) is 17.2. The van der Waals surface area contributed by atoms with E-state index < -0.39 is 24.4 Å². The van der Waals surface area contributed by atoms with Gasteiger partial charge in [-0.15, -0.1) is 0 Å². The van der Waals surface area contributed by atoms with Gasteiger partial charge < -0.3 is 24.8 Å². The van der Waals surface area contributed by atoms with Gasteiger partial charge in [0.2, 0.25) is 0 Å². The Hall–Kier alpha value is -0.200. The molecule has 1 heterocycles. The molecule has 0 bridgehead atoms. The van der Waals surface area contributed by atoms with Gasteiger partial charge in [0.15, 0.2) is 0 Å². The number of ether oxygens (including phenoxy) is 2. The SMILES string of the molecule is CCCCCCCCCCCCCCCCCCOC[C@@H](O)[C@H]1OC[C@H](O)[C@H]1O. The highest BCUT2D eigenvalue weighted by molar-refractivity contribution is 4.87. The second-order valence-corrected chi connectivity index (χ2v) is 8.80. The van der Waals surface area contributed by atoms with Crippen molar-refractivity contribution in [2.45, 2.75) is 134 Å². The van der Waals surface area contributed by atoms with Crippen molar-refractivity contribution in [1.82, 2.24) is 0 Å². The van der Waals surface area contributed by atoms with Gasteiger partial charge in [-0.1, -0.05) is 103 Å². The van der Waals surface area contributed by atoms with Crippen LogP contribution in [0.5, 0.6) is 0 Å². The molecule has 1 fully saturated rings. The summed E-state index contributed by atoms with van der Waals surface area (Å²) in [4.78, 5) is 0. The lowest BCUT2D eigenvalue weighted by atomic mass is 10.0. The van der Waals surface area contributed by atoms with Gasteiger partial charge in [-0.3, -0.25) is 0 Å². The van der Waals surface area contributed by atoms with E-state index in [4.69, 9.17) is 9.47 Å². The van der Waals surface area contributed by atoms with Gasteiger partial charge in [0, 0.05) is 6.61 Å². The maximum absolute atomic E-state index is 9.95. The first-order chi connectivity index (χ1) is 14.2. The molecule has 1 aliphatic rings. The molecule has 0 unspecified atom stereocenters. The first-order valence-electron chi connectivity index (χ1n) is 12.4. The van der Waals surface area contributed by atoms with E-state index in [2.05, 4.69) is 6.92 Å². The van der Waals surface area contributed by atoms with Crippen LogP contribution in [0.25, 0.3) is 0 Å². The van der Waals surface area contributed by atoms with E-state index in [1.165, 1.54) is 89.9 Å². The molecule has 0 saturated carbocycles. The van der Waals surface area contributed by atoms with Crippen molar-refractivity contribution >= 4 is 0 Å². The van der Waals surface area contributed by atoms with Crippen molar-refractivity contribution in [3.63, 3.8) is 0 Å². The number of aliphatic hydroxyl groups is 3. The fourth-order valence-electron chi connectivity index (χ4n) is 4.02. The average molecular weight is 417 g/mol. The summed E-state index contributed by atoms with van der Waals surface area (Å²) in [6.45, 7) is 3.12. The summed E-state index contributed by atoms with van der Waals surface area (Å²) in [7, 11) is 0. The number of unbranched alkanes of at least 4 members (excludes halogenated alkanes) is 15. The van der Waals surface area contributed by atoms with E-state index in [1.807, 2.05) is 0 Å². The molecular formula is C24H48O5. The normalized spacial score (nSPS) is 23.0. The van der Waals surface area contributed by atoms with Crippen LogP contribution in [-0.4, -0.2) is 59.6 Å². The highest BCUT2D eigenvalue weighted by atomic mass is 16.5. The van der Waals surface area contributed by atoms with Gasteiger partial charge in [0.25, 0.3) is 0 Å². The van der Waals surface area contributed by atoms with Crippen LogP contribution >= 0.6 is 0 Å². The van der Waals surface area contributed by atoms with E-state index >= 15 is 0 Å². The number of rotatable bonds is 20. The third-order valence-corrected chi connectivity index (χ3v) is 6.00. The fraction of sp³-hybridized carbons (Fsp3) is 1.00. The largest absolute Gasteiger partial charge is 0.388 e. The minimum atomic E-state index is -1.02. The Balaban J connectivity index is 1.74. The van der Waals surface area contributed by atoms with Crippen LogP contribution < -0.4 is 0 Å². The van der Waals surface area contributed by atoms with E-state index in [1.54, 1.807) is 0 Å². The Morgan fingerprint density at radius 3 is 1.62 bits per heavy atom. The summed E-state index contributed by atoms with van der Waals surface area (Å²) < 4.78 is 10.7. The fourth-order valence-corrected chi connectivity index (χ4v) is 4.02. The maximum atomic E-state index is 9.95. The molecule has 0 aromatic carbocycles. The third kappa shape index (κ3) is 13.7. The molecule has 4 atom stereocenters. The van der Waals surface area contributed by atoms with Crippen molar-refractivity contribution in [1.29, 1.82) is 0 Å². The lowest BCUT2D eigenvalue weighted by Gasteiger charge is -2.20. The highest BCUT2D eigenvalue weighted by Gasteiger charge is 2.39. The molecule has 0 radical (unpaired) electrons. The van der Waals surface area contributed by atoms with E-state index in [0.29, 0.717) is 6.61 Å². The minimum absolute atomic E-state index is 0.0714. The average Bonchev–Trinajstić information content (AvgIpc) is 3.05. The smallest absolute Gasteiger partial charge is 0.114 e. The summed E-state index contributed by atoms with van der Waals surface area (Å²) in [6.07, 6.45) is 18.0. The van der Waals surface area contributed by atoms with E-state index in [0.717, 1.165) is 12.8 Å². The molecular weight excluding hydrogens is 368 g/mol. The Morgan fingerprint density at radius 2 is 1.21 bits per heavy atom. The van der Waals surface area contributed by atoms with Gasteiger partial charge in [-0.25, -0.2) is 0 Å². The molecule has 0 amide bonds. The Bertz CT molecular complexity index is 352. The van der Waals surface area contributed by atoms with Crippen molar-refractivity contribution in [3.8, 4) is 0 Å². The van der Waals surface area contributed by atoms with Crippen LogP contribution in [0.1, 0.15) is 110 Å². The highest BCUT2D eigenvalue weighted by Crippen LogP contribution is 2.18. The molecule has 5 nitrogen and oxygen atoms in total. The second kappa shape index (κ2) is 18.6. The molecule has 5 heteroatoms. The second-order valence-electron chi connectivity index (χ2n) is 8.80. The Labute approximate surface area is 179 Å². The van der Waals surface area contributed by atoms with Crippen LogP contribution in [0, 0.1) is 0 Å². The zero-order valence-electron chi connectivity index (χ0n) is 18.9. The van der Waals surface area contributed by atoms with Crippen molar-refractivity contribution in [3.05, 3.63) is 0 Å². The summed E-state index contributed by atoms with van der Waals surface area (Å²) >= 11 is 0. The third-order valence-electron chi connectivity index (χ3n) is 6.00. The predicted molar refractivity (Wildman–Crippen MR) is 118 cm³/mol. The molecule has 1 saturated heterocycles. The lowest BCUT2D eigenvalue weighted by molar-refractivity contribution is -0.0813. The van der Waals surface area contributed by atoms with Gasteiger partial charge in [0.05, 0.1) is 13.2 Å². The zero-order valence-corrected chi connectivity index (χ0v) is 18.9. The molecule has 1 rings (SSSR count). The van der Waals surface area contributed by atoms with Crippen LogP contribution in [0.15, 0.2) is 0 Å². The van der Waals surface area contributed by atoms with Gasteiger partial charge in [-0.2, -0.15) is 0 Å². The monoisotopic (exact) mass is 416 g/mol. The molecule has 3 N–H and O–H groups in total. The predicted octanol–water partition coefficient (Wildman–Crippen LogP) is 4.75. The summed E-state index contributed by atoms with van der Waals surface area (Å²) in [6, 6.07) is 0. The van der Waals surface area contributed by atoms with E-state index in [9.17, 15) is 15.3 Å². The molecule has 29 heavy (non-hydrogen) atoms. The first-order valence-corrected chi connectivity index (χ1v) is 12.4. The molecule has 0 aliphatic carbocycles. The molecule has 0 aromatic rings. The van der Waals surface area contributed by atoms with Crippen molar-refractivity contribution in [2.75, 3.05) is 19.8 Å². The van der Waals surface area contributed by atoms with Gasteiger partial charge in [-0.05, 0) is 6.42 Å². The van der Waals surface area contributed by atoms with Crippen LogP contribution in [0.4, 0.5) is 0 Å². The van der Waals surface area contributed by atoms with Crippen LogP contribution in [-0.2, 0) is 9.47 Å². The summed E-state index contributed by atoms with van der Waals surface area (Å²) in [5.74, 6) is 0. The quantitative estimate of drug-likeness (QED) is 0.250. The topological polar surface area (TPSA) is 79.2 Å². The molecule has 174 valence electrons. The van der Waals surface area contributed by atoms with Crippen molar-refractivity contribution < 1.29 is 24.8 Å². The lowest BCUT2D eigenvalue weighted by Crippen LogP contribution is -2.40. The summed E-state index contributed by atoms with van der Waals surface area (Å²) in [5, 5.41) is 29.1. The molecule has 1 aliphatic heterocycles.